The molecule has 2 heterocycles. The average Bonchev–Trinajstić information content (AvgIpc) is 2.88. The smallest absolute Gasteiger partial charge is 0.335 e. The van der Waals surface area contributed by atoms with Crippen molar-refractivity contribution in [3.8, 4) is 5.82 Å². The third kappa shape index (κ3) is 3.21. The van der Waals surface area contributed by atoms with Gasteiger partial charge in [0.05, 0.1) is 5.56 Å². The monoisotopic (exact) mass is 309 g/mol. The van der Waals surface area contributed by atoms with Crippen LogP contribution in [0, 0.1) is 6.92 Å². The molecule has 0 amide bonds. The highest BCUT2D eigenvalue weighted by Crippen LogP contribution is 2.10. The Labute approximate surface area is 132 Å². The number of benzene rings is 1. The molecular formula is C17H15N3O3. The number of aryl methyl sites for hydroxylation is 1. The Morgan fingerprint density at radius 1 is 1.26 bits per heavy atom. The van der Waals surface area contributed by atoms with Gasteiger partial charge in [0.2, 0.25) is 0 Å². The number of carbonyl (C=O) groups is 1. The van der Waals surface area contributed by atoms with E-state index < -0.39 is 5.97 Å². The van der Waals surface area contributed by atoms with E-state index >= 15 is 0 Å². The fraction of sp³-hybridized carbons (Fsp3) is 0.118. The molecular weight excluding hydrogens is 294 g/mol. The van der Waals surface area contributed by atoms with Crippen molar-refractivity contribution >= 4 is 5.97 Å². The van der Waals surface area contributed by atoms with Crippen LogP contribution in [0.4, 0.5) is 0 Å². The zero-order chi connectivity index (χ0) is 16.4. The maximum absolute atomic E-state index is 12.1. The van der Waals surface area contributed by atoms with Crippen molar-refractivity contribution in [3.05, 3.63) is 81.4 Å². The number of carboxylic acids is 1. The number of H-pyrrole nitrogens is 1. The van der Waals surface area contributed by atoms with Crippen molar-refractivity contribution in [3.63, 3.8) is 0 Å². The van der Waals surface area contributed by atoms with E-state index in [4.69, 9.17) is 5.11 Å². The van der Waals surface area contributed by atoms with Gasteiger partial charge >= 0.3 is 5.97 Å². The van der Waals surface area contributed by atoms with E-state index in [0.29, 0.717) is 6.42 Å². The molecule has 0 aliphatic heterocycles. The first-order valence-electron chi connectivity index (χ1n) is 7.09. The normalized spacial score (nSPS) is 10.7. The fourth-order valence-corrected chi connectivity index (χ4v) is 2.42. The van der Waals surface area contributed by atoms with Gasteiger partial charge in [0.1, 0.15) is 0 Å². The molecule has 2 N–H and O–H groups in total. The highest BCUT2D eigenvalue weighted by molar-refractivity contribution is 5.87. The van der Waals surface area contributed by atoms with Crippen LogP contribution in [0.25, 0.3) is 5.82 Å². The van der Waals surface area contributed by atoms with Gasteiger partial charge < -0.3 is 5.11 Å². The first-order chi connectivity index (χ1) is 11.0. The maximum atomic E-state index is 12.1. The molecule has 3 rings (SSSR count). The lowest BCUT2D eigenvalue weighted by Crippen LogP contribution is -2.15. The van der Waals surface area contributed by atoms with Gasteiger partial charge in [0, 0.05) is 24.4 Å². The Morgan fingerprint density at radius 2 is 2.09 bits per heavy atom. The summed E-state index contributed by atoms with van der Waals surface area (Å²) in [6.07, 6.45) is 1.95. The Balaban J connectivity index is 1.94. The fourth-order valence-electron chi connectivity index (χ4n) is 2.42. The van der Waals surface area contributed by atoms with Crippen LogP contribution < -0.4 is 5.56 Å². The number of aromatic nitrogens is 3. The molecule has 0 saturated heterocycles. The van der Waals surface area contributed by atoms with Crippen molar-refractivity contribution < 1.29 is 9.90 Å². The molecule has 6 heteroatoms. The van der Waals surface area contributed by atoms with E-state index in [1.165, 1.54) is 29.1 Å². The summed E-state index contributed by atoms with van der Waals surface area (Å²) in [6.45, 7) is 2.01. The summed E-state index contributed by atoms with van der Waals surface area (Å²) in [5.74, 6) is -0.807. The van der Waals surface area contributed by atoms with E-state index in [2.05, 4.69) is 16.1 Å². The van der Waals surface area contributed by atoms with E-state index in [1.54, 1.807) is 0 Å². The molecule has 116 valence electrons. The van der Waals surface area contributed by atoms with Crippen molar-refractivity contribution in [1.82, 2.24) is 14.8 Å². The van der Waals surface area contributed by atoms with Crippen LogP contribution in [0.5, 0.6) is 0 Å². The topological polar surface area (TPSA) is 88.0 Å². The predicted octanol–water partition coefficient (Wildman–Crippen LogP) is 2.16. The third-order valence-electron chi connectivity index (χ3n) is 3.47. The number of rotatable bonds is 4. The molecule has 1 aromatic carbocycles. The zero-order valence-corrected chi connectivity index (χ0v) is 12.5. The molecule has 0 unspecified atom stereocenters. The summed E-state index contributed by atoms with van der Waals surface area (Å²) >= 11 is 0. The lowest BCUT2D eigenvalue weighted by molar-refractivity contribution is 0.0696. The number of nitrogens with zero attached hydrogens (tertiary/aromatic N) is 2. The van der Waals surface area contributed by atoms with Gasteiger partial charge in [0.25, 0.3) is 5.56 Å². The molecule has 0 fully saturated rings. The number of nitrogens with one attached hydrogen (secondary N) is 1. The van der Waals surface area contributed by atoms with Crippen LogP contribution in [0.2, 0.25) is 0 Å². The minimum absolute atomic E-state index is 0.0803. The van der Waals surface area contributed by atoms with Crippen molar-refractivity contribution in [1.29, 1.82) is 0 Å². The van der Waals surface area contributed by atoms with Crippen LogP contribution in [0.3, 0.4) is 0 Å². The lowest BCUT2D eigenvalue weighted by Gasteiger charge is -2.03. The largest absolute Gasteiger partial charge is 0.478 e. The van der Waals surface area contributed by atoms with Gasteiger partial charge in [-0.15, -0.1) is 0 Å². The summed E-state index contributed by atoms with van der Waals surface area (Å²) in [7, 11) is 0. The van der Waals surface area contributed by atoms with Gasteiger partial charge in [0.15, 0.2) is 5.82 Å². The number of hydrogen-bond acceptors (Lipinski definition) is 3. The Morgan fingerprint density at radius 3 is 2.83 bits per heavy atom. The van der Waals surface area contributed by atoms with E-state index in [-0.39, 0.29) is 16.9 Å². The molecule has 0 radical (unpaired) electrons. The van der Waals surface area contributed by atoms with Crippen molar-refractivity contribution in [2.45, 2.75) is 13.3 Å². The highest BCUT2D eigenvalue weighted by Gasteiger charge is 2.10. The first-order valence-corrected chi connectivity index (χ1v) is 7.09. The van der Waals surface area contributed by atoms with Gasteiger partial charge in [-0.05, 0) is 24.6 Å². The second kappa shape index (κ2) is 5.92. The van der Waals surface area contributed by atoms with Crippen molar-refractivity contribution in [2.75, 3.05) is 0 Å². The third-order valence-corrected chi connectivity index (χ3v) is 3.47. The lowest BCUT2D eigenvalue weighted by atomic mass is 10.1. The molecule has 3 aromatic rings. The average molecular weight is 309 g/mol. The molecule has 6 nitrogen and oxygen atoms in total. The minimum Gasteiger partial charge on any atom is -0.478 e. The molecule has 0 atom stereocenters. The standard InChI is InChI=1S/C17H15N3O3/c1-11-3-2-4-12(7-11)8-14-10-16(21)20(19-14)15-9-13(17(22)23)5-6-18-15/h2-7,9-10,19H,8H2,1H3,(H,22,23). The van der Waals surface area contributed by atoms with E-state index in [9.17, 15) is 9.59 Å². The number of carboxylic acid groups (broad SMARTS) is 1. The summed E-state index contributed by atoms with van der Waals surface area (Å²) in [4.78, 5) is 27.2. The summed E-state index contributed by atoms with van der Waals surface area (Å²) < 4.78 is 1.25. The van der Waals surface area contributed by atoms with E-state index in [0.717, 1.165) is 16.8 Å². The van der Waals surface area contributed by atoms with Gasteiger partial charge in [-0.3, -0.25) is 9.89 Å². The second-order valence-electron chi connectivity index (χ2n) is 5.33. The highest BCUT2D eigenvalue weighted by atomic mass is 16.4. The van der Waals surface area contributed by atoms with Gasteiger partial charge in [-0.1, -0.05) is 29.8 Å². The zero-order valence-electron chi connectivity index (χ0n) is 12.5. The van der Waals surface area contributed by atoms with Crippen LogP contribution in [-0.2, 0) is 6.42 Å². The number of aromatic amines is 1. The quantitative estimate of drug-likeness (QED) is 0.773. The second-order valence-corrected chi connectivity index (χ2v) is 5.33. The Bertz CT molecular complexity index is 925. The minimum atomic E-state index is -1.06. The van der Waals surface area contributed by atoms with Crippen molar-refractivity contribution in [2.24, 2.45) is 0 Å². The maximum Gasteiger partial charge on any atom is 0.335 e. The Kier molecular flexibility index (Phi) is 3.80. The molecule has 23 heavy (non-hydrogen) atoms. The predicted molar refractivity (Wildman–Crippen MR) is 85.1 cm³/mol. The number of aromatic carboxylic acids is 1. The molecule has 2 aromatic heterocycles. The summed E-state index contributed by atoms with van der Waals surface area (Å²) in [6, 6.07) is 12.3. The first kappa shape index (κ1) is 14.8. The Hall–Kier alpha value is -3.15. The van der Waals surface area contributed by atoms with Crippen LogP contribution in [-0.4, -0.2) is 25.8 Å². The van der Waals surface area contributed by atoms with Gasteiger partial charge in [-0.2, -0.15) is 0 Å². The van der Waals surface area contributed by atoms with E-state index in [1.807, 2.05) is 25.1 Å². The molecule has 0 aliphatic rings. The van der Waals surface area contributed by atoms with Crippen LogP contribution >= 0.6 is 0 Å². The summed E-state index contributed by atoms with van der Waals surface area (Å²) in [5.41, 5.74) is 2.79. The number of hydrogen-bond donors (Lipinski definition) is 2. The molecule has 0 aliphatic carbocycles. The number of pyridine rings is 1. The molecule has 0 spiro atoms. The van der Waals surface area contributed by atoms with Crippen LogP contribution in [0.15, 0.2) is 53.5 Å². The molecule has 0 bridgehead atoms. The summed E-state index contributed by atoms with van der Waals surface area (Å²) in [5, 5.41) is 12.0. The SMILES string of the molecule is Cc1cccc(Cc2cc(=O)n(-c3cc(C(=O)O)ccn3)[nH]2)c1. The van der Waals surface area contributed by atoms with Crippen LogP contribution in [0.1, 0.15) is 27.2 Å². The van der Waals surface area contributed by atoms with Gasteiger partial charge in [-0.25, -0.2) is 14.5 Å². The molecule has 0 saturated carbocycles.